The first-order chi connectivity index (χ1) is 13.4. The molecule has 1 saturated heterocycles. The summed E-state index contributed by atoms with van der Waals surface area (Å²) in [5, 5.41) is 30.3. The van der Waals surface area contributed by atoms with Gasteiger partial charge in [-0.2, -0.15) is 0 Å². The minimum atomic E-state index is -0.638. The van der Waals surface area contributed by atoms with Gasteiger partial charge in [0.1, 0.15) is 11.6 Å². The molecular formula is C23H28FNO3. The van der Waals surface area contributed by atoms with Crippen LogP contribution in [0.5, 0.6) is 5.75 Å². The summed E-state index contributed by atoms with van der Waals surface area (Å²) < 4.78 is 13.5. The van der Waals surface area contributed by atoms with E-state index in [0.717, 1.165) is 42.5 Å². The molecule has 4 nitrogen and oxygen atoms in total. The SMILES string of the molecule is Cc1cc(F)ccc1CC1C2CC(O)CC2CN1CC(O)c1ccc(O)cc1. The van der Waals surface area contributed by atoms with Crippen molar-refractivity contribution in [2.75, 3.05) is 13.1 Å². The number of aryl methyl sites for hydroxylation is 1. The molecule has 1 aliphatic heterocycles. The summed E-state index contributed by atoms with van der Waals surface area (Å²) in [5.74, 6) is 0.797. The molecule has 0 amide bonds. The minimum Gasteiger partial charge on any atom is -0.508 e. The third-order valence-electron chi connectivity index (χ3n) is 6.58. The van der Waals surface area contributed by atoms with Gasteiger partial charge in [-0.05, 0) is 79.0 Å². The van der Waals surface area contributed by atoms with Gasteiger partial charge in [-0.3, -0.25) is 4.90 Å². The Bertz CT molecular complexity index is 825. The monoisotopic (exact) mass is 385 g/mol. The minimum absolute atomic E-state index is 0.185. The Morgan fingerprint density at radius 2 is 1.89 bits per heavy atom. The highest BCUT2D eigenvalue weighted by atomic mass is 19.1. The van der Waals surface area contributed by atoms with Crippen molar-refractivity contribution < 1.29 is 19.7 Å². The predicted molar refractivity (Wildman–Crippen MR) is 105 cm³/mol. The average molecular weight is 385 g/mol. The van der Waals surface area contributed by atoms with Crippen molar-refractivity contribution in [1.82, 2.24) is 4.90 Å². The number of hydrogen-bond donors (Lipinski definition) is 3. The number of phenols is 1. The molecule has 5 unspecified atom stereocenters. The van der Waals surface area contributed by atoms with Gasteiger partial charge in [-0.25, -0.2) is 4.39 Å². The van der Waals surface area contributed by atoms with Gasteiger partial charge in [0, 0.05) is 19.1 Å². The number of rotatable bonds is 5. The molecule has 4 rings (SSSR count). The fourth-order valence-electron chi connectivity index (χ4n) is 5.14. The number of fused-ring (bicyclic) bond motifs is 1. The third kappa shape index (κ3) is 3.93. The normalized spacial score (nSPS) is 28.4. The van der Waals surface area contributed by atoms with Crippen LogP contribution in [0.15, 0.2) is 42.5 Å². The van der Waals surface area contributed by atoms with Crippen LogP contribution in [-0.2, 0) is 6.42 Å². The molecule has 0 bridgehead atoms. The van der Waals surface area contributed by atoms with Crippen LogP contribution in [0.2, 0.25) is 0 Å². The standard InChI is InChI=1S/C23H28FNO3/c1-14-8-18(24)5-2-16(14)10-22-21-11-20(27)9-17(21)12-25(22)13-23(28)15-3-6-19(26)7-4-15/h2-8,17,20-23,26-28H,9-13H2,1H3. The maximum atomic E-state index is 13.5. The summed E-state index contributed by atoms with van der Waals surface area (Å²) in [6.45, 7) is 3.31. The highest BCUT2D eigenvalue weighted by Crippen LogP contribution is 2.44. The molecule has 0 spiro atoms. The fraction of sp³-hybridized carbons (Fsp3) is 0.478. The maximum absolute atomic E-state index is 13.5. The molecule has 1 saturated carbocycles. The first-order valence-electron chi connectivity index (χ1n) is 10.0. The van der Waals surface area contributed by atoms with Gasteiger partial charge in [0.25, 0.3) is 0 Å². The highest BCUT2D eigenvalue weighted by molar-refractivity contribution is 5.29. The third-order valence-corrected chi connectivity index (χ3v) is 6.58. The Morgan fingerprint density at radius 1 is 1.14 bits per heavy atom. The van der Waals surface area contributed by atoms with Crippen molar-refractivity contribution in [2.45, 2.75) is 44.4 Å². The Morgan fingerprint density at radius 3 is 2.61 bits per heavy atom. The Kier molecular flexibility index (Phi) is 5.41. The number of hydrogen-bond acceptors (Lipinski definition) is 4. The summed E-state index contributed by atoms with van der Waals surface area (Å²) in [6, 6.07) is 11.8. The van der Waals surface area contributed by atoms with Crippen LogP contribution in [0.25, 0.3) is 0 Å². The zero-order chi connectivity index (χ0) is 19.8. The molecule has 1 aliphatic carbocycles. The van der Waals surface area contributed by atoms with Gasteiger partial charge in [0.05, 0.1) is 12.2 Å². The predicted octanol–water partition coefficient (Wildman–Crippen LogP) is 3.19. The largest absolute Gasteiger partial charge is 0.508 e. The van der Waals surface area contributed by atoms with E-state index in [1.807, 2.05) is 13.0 Å². The van der Waals surface area contributed by atoms with E-state index in [2.05, 4.69) is 4.90 Å². The molecule has 2 fully saturated rings. The molecular weight excluding hydrogens is 357 g/mol. The number of halogens is 1. The van der Waals surface area contributed by atoms with Crippen molar-refractivity contribution >= 4 is 0 Å². The van der Waals surface area contributed by atoms with Gasteiger partial charge in [-0.1, -0.05) is 18.2 Å². The summed E-state index contributed by atoms with van der Waals surface area (Å²) in [5.41, 5.74) is 2.85. The number of β-amino-alcohol motifs (C(OH)–C–C–N with tert-alkyl or cyclic N) is 1. The van der Waals surface area contributed by atoms with E-state index in [1.165, 1.54) is 6.07 Å². The molecule has 1 heterocycles. The van der Waals surface area contributed by atoms with Gasteiger partial charge in [-0.15, -0.1) is 0 Å². The summed E-state index contributed by atoms with van der Waals surface area (Å²) in [6.07, 6.45) is 1.52. The summed E-state index contributed by atoms with van der Waals surface area (Å²) in [4.78, 5) is 2.33. The van der Waals surface area contributed by atoms with Crippen LogP contribution in [0.1, 0.15) is 35.6 Å². The number of aliphatic hydroxyl groups excluding tert-OH is 2. The lowest BCUT2D eigenvalue weighted by Gasteiger charge is -2.30. The average Bonchev–Trinajstić information content (AvgIpc) is 3.14. The first kappa shape index (κ1) is 19.4. The molecule has 0 radical (unpaired) electrons. The van der Waals surface area contributed by atoms with Crippen LogP contribution in [0, 0.1) is 24.6 Å². The molecule has 2 aromatic rings. The summed E-state index contributed by atoms with van der Waals surface area (Å²) in [7, 11) is 0. The summed E-state index contributed by atoms with van der Waals surface area (Å²) >= 11 is 0. The van der Waals surface area contributed by atoms with Crippen LogP contribution in [0.4, 0.5) is 4.39 Å². The number of aliphatic hydroxyl groups is 2. The van der Waals surface area contributed by atoms with E-state index in [1.54, 1.807) is 30.3 Å². The number of benzene rings is 2. The number of likely N-dealkylation sites (tertiary alicyclic amines) is 1. The van der Waals surface area contributed by atoms with Crippen molar-refractivity contribution in [2.24, 2.45) is 11.8 Å². The first-order valence-corrected chi connectivity index (χ1v) is 10.0. The van der Waals surface area contributed by atoms with E-state index in [4.69, 9.17) is 0 Å². The number of nitrogens with zero attached hydrogens (tertiary/aromatic N) is 1. The van der Waals surface area contributed by atoms with E-state index < -0.39 is 6.10 Å². The number of aromatic hydroxyl groups is 1. The lowest BCUT2D eigenvalue weighted by Crippen LogP contribution is -2.38. The second kappa shape index (κ2) is 7.82. The topological polar surface area (TPSA) is 63.9 Å². The highest BCUT2D eigenvalue weighted by Gasteiger charge is 2.47. The molecule has 3 N–H and O–H groups in total. The lowest BCUT2D eigenvalue weighted by molar-refractivity contribution is 0.0879. The zero-order valence-electron chi connectivity index (χ0n) is 16.1. The van der Waals surface area contributed by atoms with Crippen molar-refractivity contribution in [1.29, 1.82) is 0 Å². The smallest absolute Gasteiger partial charge is 0.123 e. The molecule has 5 heteroatoms. The van der Waals surface area contributed by atoms with Crippen molar-refractivity contribution in [3.8, 4) is 5.75 Å². The molecule has 150 valence electrons. The van der Waals surface area contributed by atoms with E-state index in [0.29, 0.717) is 18.4 Å². The Hall–Kier alpha value is -1.95. The Labute approximate surface area is 165 Å². The van der Waals surface area contributed by atoms with Crippen LogP contribution >= 0.6 is 0 Å². The molecule has 5 atom stereocenters. The maximum Gasteiger partial charge on any atom is 0.123 e. The Balaban J connectivity index is 1.53. The fourth-order valence-corrected chi connectivity index (χ4v) is 5.14. The van der Waals surface area contributed by atoms with Crippen LogP contribution in [0.3, 0.4) is 0 Å². The van der Waals surface area contributed by atoms with Crippen LogP contribution in [-0.4, -0.2) is 45.5 Å². The molecule has 28 heavy (non-hydrogen) atoms. The quantitative estimate of drug-likeness (QED) is 0.740. The van der Waals surface area contributed by atoms with Crippen molar-refractivity contribution in [3.05, 3.63) is 65.0 Å². The van der Waals surface area contributed by atoms with Crippen LogP contribution < -0.4 is 0 Å². The van der Waals surface area contributed by atoms with E-state index >= 15 is 0 Å². The number of phenolic OH excluding ortho intramolecular Hbond substituents is 1. The van der Waals surface area contributed by atoms with Gasteiger partial charge in [0.15, 0.2) is 0 Å². The molecule has 2 aliphatic rings. The van der Waals surface area contributed by atoms with Gasteiger partial charge >= 0.3 is 0 Å². The van der Waals surface area contributed by atoms with Gasteiger partial charge < -0.3 is 15.3 Å². The molecule has 2 aromatic carbocycles. The van der Waals surface area contributed by atoms with Crippen molar-refractivity contribution in [3.63, 3.8) is 0 Å². The zero-order valence-corrected chi connectivity index (χ0v) is 16.1. The molecule has 0 aromatic heterocycles. The second-order valence-electron chi connectivity index (χ2n) is 8.45. The lowest BCUT2D eigenvalue weighted by atomic mass is 9.88. The van der Waals surface area contributed by atoms with E-state index in [9.17, 15) is 19.7 Å². The second-order valence-corrected chi connectivity index (χ2v) is 8.45. The van der Waals surface area contributed by atoms with E-state index in [-0.39, 0.29) is 23.7 Å². The van der Waals surface area contributed by atoms with Gasteiger partial charge in [0.2, 0.25) is 0 Å².